The van der Waals surface area contributed by atoms with Crippen molar-refractivity contribution in [3.63, 3.8) is 0 Å². The molecule has 0 spiro atoms. The number of carbonyl (C=O) groups is 2. The zero-order chi connectivity index (χ0) is 21.5. The molecule has 0 saturated heterocycles. The second-order valence-corrected chi connectivity index (χ2v) is 9.86. The van der Waals surface area contributed by atoms with Gasteiger partial charge in [0.1, 0.15) is 11.6 Å². The normalized spacial score (nSPS) is 28.8. The molecular formula is C23H30N4O3. The number of pyridine rings is 1. The fourth-order valence-corrected chi connectivity index (χ4v) is 6.75. The van der Waals surface area contributed by atoms with Crippen LogP contribution in [0.5, 0.6) is 0 Å². The maximum atomic E-state index is 12.5. The van der Waals surface area contributed by atoms with Gasteiger partial charge in [0.15, 0.2) is 0 Å². The van der Waals surface area contributed by atoms with E-state index in [4.69, 9.17) is 5.26 Å². The lowest BCUT2D eigenvalue weighted by molar-refractivity contribution is -0.134. The highest BCUT2D eigenvalue weighted by molar-refractivity contribution is 5.82. The van der Waals surface area contributed by atoms with Gasteiger partial charge in [-0.1, -0.05) is 0 Å². The Bertz CT molecular complexity index is 937. The van der Waals surface area contributed by atoms with Gasteiger partial charge in [0.2, 0.25) is 11.8 Å². The molecule has 0 atom stereocenters. The van der Waals surface area contributed by atoms with E-state index in [-0.39, 0.29) is 29.2 Å². The molecular weight excluding hydrogens is 380 g/mol. The van der Waals surface area contributed by atoms with E-state index in [0.717, 1.165) is 42.6 Å². The van der Waals surface area contributed by atoms with Gasteiger partial charge in [-0.15, -0.1) is 0 Å². The van der Waals surface area contributed by atoms with E-state index in [1.807, 2.05) is 6.07 Å². The van der Waals surface area contributed by atoms with Crippen LogP contribution in [0.15, 0.2) is 4.79 Å². The Morgan fingerprint density at radius 3 is 2.20 bits per heavy atom. The van der Waals surface area contributed by atoms with Crippen molar-refractivity contribution in [2.45, 2.75) is 71.6 Å². The van der Waals surface area contributed by atoms with Crippen LogP contribution in [0.4, 0.5) is 0 Å². The number of nitrogens with one attached hydrogen (secondary N) is 3. The lowest BCUT2D eigenvalue weighted by Gasteiger charge is -2.56. The van der Waals surface area contributed by atoms with Crippen LogP contribution in [-0.2, 0) is 16.0 Å². The molecule has 4 aliphatic carbocycles. The van der Waals surface area contributed by atoms with Crippen molar-refractivity contribution in [1.82, 2.24) is 15.8 Å². The molecule has 4 fully saturated rings. The molecule has 30 heavy (non-hydrogen) atoms. The van der Waals surface area contributed by atoms with Crippen LogP contribution in [0, 0.1) is 48.3 Å². The minimum absolute atomic E-state index is 0.0832. The van der Waals surface area contributed by atoms with Gasteiger partial charge < -0.3 is 4.98 Å². The number of rotatable bonds is 5. The average molecular weight is 411 g/mol. The van der Waals surface area contributed by atoms with Gasteiger partial charge >= 0.3 is 0 Å². The lowest BCUT2D eigenvalue weighted by Crippen LogP contribution is -2.50. The first-order valence-corrected chi connectivity index (χ1v) is 11.0. The molecule has 1 aromatic rings. The van der Waals surface area contributed by atoms with Crippen molar-refractivity contribution in [3.05, 3.63) is 32.7 Å². The van der Waals surface area contributed by atoms with Crippen LogP contribution in [0.25, 0.3) is 0 Å². The van der Waals surface area contributed by atoms with Crippen LogP contribution < -0.4 is 16.4 Å². The molecule has 1 heterocycles. The Morgan fingerprint density at radius 2 is 1.63 bits per heavy atom. The van der Waals surface area contributed by atoms with Crippen molar-refractivity contribution >= 4 is 11.8 Å². The van der Waals surface area contributed by atoms with Gasteiger partial charge in [0, 0.05) is 18.5 Å². The summed E-state index contributed by atoms with van der Waals surface area (Å²) in [4.78, 5) is 39.3. The van der Waals surface area contributed by atoms with Crippen LogP contribution in [-0.4, -0.2) is 16.8 Å². The summed E-state index contributed by atoms with van der Waals surface area (Å²) in [5, 5.41) is 9.16. The maximum absolute atomic E-state index is 12.5. The van der Waals surface area contributed by atoms with Gasteiger partial charge in [-0.05, 0) is 93.1 Å². The summed E-state index contributed by atoms with van der Waals surface area (Å²) in [5.74, 6) is 1.99. The summed E-state index contributed by atoms with van der Waals surface area (Å²) in [6.07, 6.45) is 8.56. The number of hydrazine groups is 1. The molecule has 0 radical (unpaired) electrons. The second kappa shape index (κ2) is 7.90. The first-order valence-electron chi connectivity index (χ1n) is 11.0. The number of nitriles is 1. The van der Waals surface area contributed by atoms with Gasteiger partial charge in [0.05, 0.1) is 0 Å². The van der Waals surface area contributed by atoms with Gasteiger partial charge in [-0.3, -0.25) is 25.2 Å². The highest BCUT2D eigenvalue weighted by atomic mass is 16.2. The predicted octanol–water partition coefficient (Wildman–Crippen LogP) is 2.55. The number of aromatic amines is 1. The fraction of sp³-hybridized carbons (Fsp3) is 0.652. The SMILES string of the molecule is Cc1[nH]c(=O)c(C#N)c(C)c1CCC(=O)NNC(=O)CC12CC3CC(CC(C3)C1)C2. The van der Waals surface area contributed by atoms with E-state index >= 15 is 0 Å². The lowest BCUT2D eigenvalue weighted by atomic mass is 9.49. The van der Waals surface area contributed by atoms with Crippen molar-refractivity contribution in [2.75, 3.05) is 0 Å². The molecule has 5 rings (SSSR count). The van der Waals surface area contributed by atoms with E-state index in [0.29, 0.717) is 24.1 Å². The number of H-pyrrole nitrogens is 1. The smallest absolute Gasteiger partial charge is 0.266 e. The van der Waals surface area contributed by atoms with E-state index < -0.39 is 5.56 Å². The minimum atomic E-state index is -0.405. The third kappa shape index (κ3) is 4.00. The van der Waals surface area contributed by atoms with E-state index in [1.165, 1.54) is 19.3 Å². The van der Waals surface area contributed by atoms with Gasteiger partial charge in [0.25, 0.3) is 5.56 Å². The number of aromatic nitrogens is 1. The quantitative estimate of drug-likeness (QED) is 0.647. The Kier molecular flexibility index (Phi) is 5.44. The summed E-state index contributed by atoms with van der Waals surface area (Å²) >= 11 is 0. The Hall–Kier alpha value is -2.62. The molecule has 2 amide bonds. The number of amides is 2. The number of carbonyl (C=O) groups excluding carboxylic acids is 2. The molecule has 4 bridgehead atoms. The first-order chi connectivity index (χ1) is 14.3. The fourth-order valence-electron chi connectivity index (χ4n) is 6.75. The number of aryl methyl sites for hydroxylation is 1. The summed E-state index contributed by atoms with van der Waals surface area (Å²) in [5.41, 5.74) is 7.03. The predicted molar refractivity (Wildman–Crippen MR) is 111 cm³/mol. The number of hydrogen-bond donors (Lipinski definition) is 3. The highest BCUT2D eigenvalue weighted by Gasteiger charge is 2.51. The van der Waals surface area contributed by atoms with Crippen molar-refractivity contribution < 1.29 is 9.59 Å². The maximum Gasteiger partial charge on any atom is 0.266 e. The molecule has 160 valence electrons. The highest BCUT2D eigenvalue weighted by Crippen LogP contribution is 2.61. The van der Waals surface area contributed by atoms with Gasteiger partial charge in [-0.25, -0.2) is 0 Å². The molecule has 7 nitrogen and oxygen atoms in total. The zero-order valence-corrected chi connectivity index (χ0v) is 17.8. The monoisotopic (exact) mass is 410 g/mol. The van der Waals surface area contributed by atoms with Crippen LogP contribution >= 0.6 is 0 Å². The minimum Gasteiger partial charge on any atom is -0.325 e. The average Bonchev–Trinajstić information content (AvgIpc) is 2.64. The molecule has 7 heteroatoms. The molecule has 4 saturated carbocycles. The van der Waals surface area contributed by atoms with Gasteiger partial charge in [-0.2, -0.15) is 5.26 Å². The van der Waals surface area contributed by atoms with Crippen LogP contribution in [0.3, 0.4) is 0 Å². The standard InChI is InChI=1S/C23H30N4O3/c1-13-18(14(2)25-22(30)19(13)12-24)3-4-20(28)26-27-21(29)11-23-8-15-5-16(9-23)7-17(6-15)10-23/h15-17H,3-11H2,1-2H3,(H,25,30)(H,26,28)(H,27,29). The number of nitrogens with zero attached hydrogens (tertiary/aromatic N) is 1. The molecule has 0 unspecified atom stereocenters. The van der Waals surface area contributed by atoms with Crippen molar-refractivity contribution in [2.24, 2.45) is 23.2 Å². The summed E-state index contributed by atoms with van der Waals surface area (Å²) in [7, 11) is 0. The topological polar surface area (TPSA) is 115 Å². The Labute approximate surface area is 176 Å². The third-order valence-corrected chi connectivity index (χ3v) is 7.56. The van der Waals surface area contributed by atoms with Crippen molar-refractivity contribution in [3.8, 4) is 6.07 Å². The zero-order valence-electron chi connectivity index (χ0n) is 17.8. The summed E-state index contributed by atoms with van der Waals surface area (Å²) < 4.78 is 0. The van der Waals surface area contributed by atoms with E-state index in [2.05, 4.69) is 15.8 Å². The third-order valence-electron chi connectivity index (χ3n) is 7.56. The first kappa shape index (κ1) is 20.6. The largest absolute Gasteiger partial charge is 0.325 e. The van der Waals surface area contributed by atoms with E-state index in [9.17, 15) is 14.4 Å². The van der Waals surface area contributed by atoms with E-state index in [1.54, 1.807) is 13.8 Å². The number of hydrogen-bond acceptors (Lipinski definition) is 4. The molecule has 4 aliphatic rings. The molecule has 3 N–H and O–H groups in total. The second-order valence-electron chi connectivity index (χ2n) is 9.86. The molecule has 1 aromatic heterocycles. The Morgan fingerprint density at radius 1 is 1.07 bits per heavy atom. The molecule has 0 aromatic carbocycles. The van der Waals surface area contributed by atoms with Crippen molar-refractivity contribution in [1.29, 1.82) is 5.26 Å². The Balaban J connectivity index is 1.28. The van der Waals surface area contributed by atoms with Crippen LogP contribution in [0.1, 0.15) is 73.8 Å². The molecule has 0 aliphatic heterocycles. The summed E-state index contributed by atoms with van der Waals surface area (Å²) in [6, 6.07) is 1.92. The summed E-state index contributed by atoms with van der Waals surface area (Å²) in [6.45, 7) is 3.48. The van der Waals surface area contributed by atoms with Crippen LogP contribution in [0.2, 0.25) is 0 Å².